The van der Waals surface area contributed by atoms with E-state index in [1.54, 1.807) is 0 Å². The van der Waals surface area contributed by atoms with Crippen molar-refractivity contribution in [2.75, 3.05) is 0 Å². The van der Waals surface area contributed by atoms with Gasteiger partial charge in [-0.15, -0.1) is 0 Å². The quantitative estimate of drug-likeness (QED) is 0.0948. The van der Waals surface area contributed by atoms with E-state index >= 15 is 0 Å². The van der Waals surface area contributed by atoms with Gasteiger partial charge in [-0.2, -0.15) is 0 Å². The standard InChI is InChI=1S/2Mg.4H3O4P.7H2O.4H/c;;4*1-5(2,3)4;;;;;;;;;;;/h;;4*(H3,1,2,3,4);7*1H2;;;;. The Hall–Kier alpha value is 1.69. The van der Waals surface area contributed by atoms with E-state index in [1.807, 2.05) is 0 Å². The van der Waals surface area contributed by atoms with Crippen molar-refractivity contribution in [1.82, 2.24) is 0 Å². The lowest BCUT2D eigenvalue weighted by atomic mass is 15.8. The average Bonchev–Trinajstić information content (AvgIpc) is 1.62. The van der Waals surface area contributed by atoms with Gasteiger partial charge in [-0.05, 0) is 0 Å². The van der Waals surface area contributed by atoms with Crippen LogP contribution >= 0.6 is 31.3 Å². The third-order valence-electron chi connectivity index (χ3n) is 0. The molecule has 0 heterocycles. The molecule has 0 aromatic rings. The SMILES string of the molecule is O.O.O.O.O.O.O.O=P(O)(O)O.O=P(O)(O)O.O=P(O)(O)O.O=P(O)(O)O.[MgH2].[MgH2]. The molecule has 0 saturated heterocycles. The summed E-state index contributed by atoms with van der Waals surface area (Å²) in [6.45, 7) is 0. The van der Waals surface area contributed by atoms with Crippen molar-refractivity contribution < 1.29 is 115 Å². The molecule has 29 heteroatoms. The fourth-order valence-corrected chi connectivity index (χ4v) is 0. The van der Waals surface area contributed by atoms with Gasteiger partial charge >= 0.3 is 77.4 Å². The van der Waals surface area contributed by atoms with Gasteiger partial charge in [0.05, 0.1) is 0 Å². The van der Waals surface area contributed by atoms with Crippen LogP contribution in [0.5, 0.6) is 0 Å². The monoisotopic (exact) mass is 570 g/mol. The fourth-order valence-electron chi connectivity index (χ4n) is 0. The molecular formula is H30Mg2O23P4. The molecule has 29 heavy (non-hydrogen) atoms. The van der Waals surface area contributed by atoms with E-state index in [4.69, 9.17) is 77.0 Å². The van der Waals surface area contributed by atoms with Crippen molar-refractivity contribution in [1.29, 1.82) is 0 Å². The number of hydrogen-bond donors (Lipinski definition) is 12. The zero-order valence-corrected chi connectivity index (χ0v) is 15.9. The number of rotatable bonds is 0. The van der Waals surface area contributed by atoms with Gasteiger partial charge in [-0.1, -0.05) is 0 Å². The van der Waals surface area contributed by atoms with Crippen LogP contribution in [-0.2, 0) is 18.3 Å². The van der Waals surface area contributed by atoms with E-state index in [9.17, 15) is 0 Å². The Kier molecular flexibility index (Phi) is 110. The molecule has 0 atom stereocenters. The van der Waals surface area contributed by atoms with Crippen LogP contribution in [-0.4, -0.2) is 143 Å². The lowest BCUT2D eigenvalue weighted by molar-refractivity contribution is 0.272. The third-order valence-corrected chi connectivity index (χ3v) is 0. The van der Waals surface area contributed by atoms with Crippen molar-refractivity contribution in [3.8, 4) is 0 Å². The molecule has 0 unspecified atom stereocenters. The van der Waals surface area contributed by atoms with Gasteiger partial charge < -0.3 is 97.1 Å². The Morgan fingerprint density at radius 3 is 0.276 bits per heavy atom. The number of hydrogen-bond acceptors (Lipinski definition) is 4. The van der Waals surface area contributed by atoms with Crippen LogP contribution in [0.1, 0.15) is 0 Å². The highest BCUT2D eigenvalue weighted by atomic mass is 31.2. The normalized spacial score (nSPS) is 8.14. The van der Waals surface area contributed by atoms with Gasteiger partial charge in [-0.25, -0.2) is 18.3 Å². The molecule has 0 rings (SSSR count). The topological polar surface area (TPSA) is 532 Å². The Morgan fingerprint density at radius 1 is 0.276 bits per heavy atom. The van der Waals surface area contributed by atoms with Gasteiger partial charge in [0.25, 0.3) is 0 Å². The predicted octanol–water partition coefficient (Wildman–Crippen LogP) is -11.3. The Labute approximate surface area is 192 Å². The zero-order chi connectivity index (χ0) is 18.0. The van der Waals surface area contributed by atoms with Crippen LogP contribution in [0.2, 0.25) is 0 Å². The molecule has 0 fully saturated rings. The Bertz CT molecular complexity index is 292. The highest BCUT2D eigenvalue weighted by Gasteiger charge is 2.01. The Morgan fingerprint density at radius 2 is 0.276 bits per heavy atom. The second-order valence-electron chi connectivity index (χ2n) is 2.05. The molecule has 0 aliphatic rings. The minimum Gasteiger partial charge on any atom is -0.412 e. The van der Waals surface area contributed by atoms with Crippen molar-refractivity contribution in [2.24, 2.45) is 0 Å². The summed E-state index contributed by atoms with van der Waals surface area (Å²) in [5.41, 5.74) is 0. The smallest absolute Gasteiger partial charge is 0.412 e. The Balaban J connectivity index is -0.00000000970. The van der Waals surface area contributed by atoms with Gasteiger partial charge in [-0.3, -0.25) is 0 Å². The van der Waals surface area contributed by atoms with Crippen LogP contribution in [0.15, 0.2) is 0 Å². The molecule has 23 nitrogen and oxygen atoms in total. The molecule has 0 radical (unpaired) electrons. The van der Waals surface area contributed by atoms with Crippen LogP contribution < -0.4 is 0 Å². The van der Waals surface area contributed by atoms with Crippen LogP contribution in [0, 0.1) is 0 Å². The van der Waals surface area contributed by atoms with Crippen LogP contribution in [0.3, 0.4) is 0 Å². The fraction of sp³-hybridized carbons (Fsp3) is 0. The number of phosphoric acid groups is 4. The van der Waals surface area contributed by atoms with Crippen molar-refractivity contribution in [3.05, 3.63) is 0 Å². The molecular weight excluding hydrogens is 540 g/mol. The van der Waals surface area contributed by atoms with E-state index < -0.39 is 31.3 Å². The second kappa shape index (κ2) is 37.0. The first-order valence-electron chi connectivity index (χ1n) is 3.13. The highest BCUT2D eigenvalue weighted by Crippen LogP contribution is 2.27. The van der Waals surface area contributed by atoms with Crippen LogP contribution in [0.4, 0.5) is 0 Å². The summed E-state index contributed by atoms with van der Waals surface area (Å²) in [5.74, 6) is 0. The first-order chi connectivity index (χ1) is 8.00. The van der Waals surface area contributed by atoms with Gasteiger partial charge in [0.1, 0.15) is 0 Å². The predicted molar refractivity (Wildman–Crippen MR) is 99.4 cm³/mol. The van der Waals surface area contributed by atoms with E-state index in [-0.39, 0.29) is 84.4 Å². The molecule has 192 valence electrons. The molecule has 0 amide bonds. The van der Waals surface area contributed by atoms with Crippen molar-refractivity contribution in [3.63, 3.8) is 0 Å². The summed E-state index contributed by atoms with van der Waals surface area (Å²) < 4.78 is 35.5. The first-order valence-corrected chi connectivity index (χ1v) is 9.39. The lowest BCUT2D eigenvalue weighted by Crippen LogP contribution is -1.66. The summed E-state index contributed by atoms with van der Waals surface area (Å²) in [6, 6.07) is 0. The van der Waals surface area contributed by atoms with Crippen molar-refractivity contribution >= 4 is 77.4 Å². The van der Waals surface area contributed by atoms with Crippen molar-refractivity contribution in [2.45, 2.75) is 0 Å². The van der Waals surface area contributed by atoms with Gasteiger partial charge in [0.15, 0.2) is 0 Å². The third kappa shape index (κ3) is 7950. The molecule has 0 saturated carbocycles. The summed E-state index contributed by atoms with van der Waals surface area (Å²) >= 11 is 0. The highest BCUT2D eigenvalue weighted by molar-refractivity contribution is 7.45. The molecule has 0 spiro atoms. The summed E-state index contributed by atoms with van der Waals surface area (Å²) in [4.78, 5) is 86.2. The molecule has 0 aromatic heterocycles. The van der Waals surface area contributed by atoms with E-state index in [0.29, 0.717) is 0 Å². The lowest BCUT2D eigenvalue weighted by Gasteiger charge is -1.82. The molecule has 0 aliphatic heterocycles. The van der Waals surface area contributed by atoms with Crippen LogP contribution in [0.25, 0.3) is 0 Å². The largest absolute Gasteiger partial charge is 0.466 e. The first kappa shape index (κ1) is 86.4. The van der Waals surface area contributed by atoms with Gasteiger partial charge in [0.2, 0.25) is 0 Å². The van der Waals surface area contributed by atoms with E-state index in [2.05, 4.69) is 0 Å². The second-order valence-corrected chi connectivity index (χ2v) is 6.16. The molecule has 0 aromatic carbocycles. The maximum atomic E-state index is 8.88. The van der Waals surface area contributed by atoms with Gasteiger partial charge in [0, 0.05) is 0 Å². The zero-order valence-electron chi connectivity index (χ0n) is 12.3. The molecule has 0 aliphatic carbocycles. The molecule has 26 N–H and O–H groups in total. The average molecular weight is 571 g/mol. The maximum Gasteiger partial charge on any atom is 0.466 e. The van der Waals surface area contributed by atoms with E-state index in [0.717, 1.165) is 0 Å². The van der Waals surface area contributed by atoms with E-state index in [1.165, 1.54) is 0 Å². The summed E-state index contributed by atoms with van der Waals surface area (Å²) in [5, 5.41) is 0. The molecule has 0 bridgehead atoms. The minimum absolute atomic E-state index is 0. The maximum absolute atomic E-state index is 8.88. The summed E-state index contributed by atoms with van der Waals surface area (Å²) in [7, 11) is -18.6. The summed E-state index contributed by atoms with van der Waals surface area (Å²) in [6.07, 6.45) is 0. The minimum atomic E-state index is -4.64.